The Labute approximate surface area is 283 Å². The molecule has 2 nitrogen and oxygen atoms in total. The maximum absolute atomic E-state index is 14.3. The maximum atomic E-state index is 14.3. The van der Waals surface area contributed by atoms with Crippen molar-refractivity contribution in [2.24, 2.45) is 0 Å². The molecule has 250 valence electrons. The molecule has 0 spiro atoms. The van der Waals surface area contributed by atoms with Crippen LogP contribution in [0.4, 0.5) is 60.5 Å². The van der Waals surface area contributed by atoms with Crippen molar-refractivity contribution in [2.45, 2.75) is 64.7 Å². The molecule has 0 N–H and O–H groups in total. The molecule has 49 heavy (non-hydrogen) atoms. The predicted molar refractivity (Wildman–Crippen MR) is 188 cm³/mol. The zero-order chi connectivity index (χ0) is 35.3. The molecule has 0 radical (unpaired) electrons. The van der Waals surface area contributed by atoms with E-state index in [1.807, 2.05) is 76.5 Å². The van der Waals surface area contributed by atoms with Gasteiger partial charge in [0.15, 0.2) is 0 Å². The van der Waals surface area contributed by atoms with Gasteiger partial charge in [-0.3, -0.25) is 0 Å². The zero-order valence-corrected chi connectivity index (χ0v) is 28.1. The summed E-state index contributed by atoms with van der Waals surface area (Å²) in [6.45, 7) is 11.7. The predicted octanol–water partition coefficient (Wildman–Crippen LogP) is 10.4. The Morgan fingerprint density at radius 2 is 0.776 bits per heavy atom. The van der Waals surface area contributed by atoms with E-state index in [4.69, 9.17) is 0 Å². The number of nitrogens with zero attached hydrogens (tertiary/aromatic N) is 2. The lowest BCUT2D eigenvalue weighted by molar-refractivity contribution is -0.138. The van der Waals surface area contributed by atoms with Crippen molar-refractivity contribution in [1.82, 2.24) is 0 Å². The van der Waals surface area contributed by atoms with Crippen molar-refractivity contribution >= 4 is 57.2 Å². The van der Waals surface area contributed by atoms with E-state index in [1.54, 1.807) is 0 Å². The topological polar surface area (TPSA) is 6.48 Å². The van der Waals surface area contributed by atoms with E-state index in [1.165, 1.54) is 12.1 Å². The van der Waals surface area contributed by atoms with E-state index in [-0.39, 0.29) is 21.8 Å². The molecule has 7 rings (SSSR count). The smallest absolute Gasteiger partial charge is 0.311 e. The molecular weight excluding hydrogens is 633 g/mol. The van der Waals surface area contributed by atoms with Gasteiger partial charge in [-0.25, -0.2) is 0 Å². The van der Waals surface area contributed by atoms with Crippen LogP contribution >= 0.6 is 0 Å². The van der Waals surface area contributed by atoms with Gasteiger partial charge in [-0.2, -0.15) is 26.3 Å². The summed E-state index contributed by atoms with van der Waals surface area (Å²) in [6.07, 6.45) is -9.31. The van der Waals surface area contributed by atoms with Crippen molar-refractivity contribution in [3.63, 3.8) is 0 Å². The van der Waals surface area contributed by atoms with Gasteiger partial charge in [0, 0.05) is 34.1 Å². The molecule has 0 unspecified atom stereocenters. The molecule has 5 aromatic carbocycles. The quantitative estimate of drug-likeness (QED) is 0.134. The number of halogens is 6. The number of hydrogen-bond donors (Lipinski definition) is 0. The van der Waals surface area contributed by atoms with Gasteiger partial charge in [0.25, 0.3) is 6.71 Å². The Morgan fingerprint density at radius 3 is 1.10 bits per heavy atom. The van der Waals surface area contributed by atoms with Crippen LogP contribution in [0.1, 0.15) is 63.8 Å². The first-order valence-corrected chi connectivity index (χ1v) is 16.2. The second-order valence-corrected chi connectivity index (χ2v) is 15.0. The Morgan fingerprint density at radius 1 is 0.429 bits per heavy atom. The van der Waals surface area contributed by atoms with Gasteiger partial charge >= 0.3 is 12.4 Å². The van der Waals surface area contributed by atoms with Gasteiger partial charge < -0.3 is 9.80 Å². The highest BCUT2D eigenvalue weighted by atomic mass is 19.4. The van der Waals surface area contributed by atoms with Crippen LogP contribution in [0.5, 0.6) is 0 Å². The van der Waals surface area contributed by atoms with Crippen molar-refractivity contribution in [3.8, 4) is 0 Å². The molecule has 0 saturated heterocycles. The average Bonchev–Trinajstić information content (AvgIpc) is 3.02. The fraction of sp³-hybridized carbons (Fsp3) is 0.250. The fourth-order valence-electron chi connectivity index (χ4n) is 7.07. The van der Waals surface area contributed by atoms with Crippen LogP contribution in [-0.2, 0) is 23.2 Å². The van der Waals surface area contributed by atoms with Crippen LogP contribution in [0, 0.1) is 0 Å². The van der Waals surface area contributed by atoms with Crippen LogP contribution < -0.4 is 26.2 Å². The van der Waals surface area contributed by atoms with Gasteiger partial charge in [-0.15, -0.1) is 0 Å². The van der Waals surface area contributed by atoms with Crippen molar-refractivity contribution < 1.29 is 26.3 Å². The maximum Gasteiger partial charge on any atom is 0.416 e. The lowest BCUT2D eigenvalue weighted by atomic mass is 9.33. The molecule has 9 heteroatoms. The number of rotatable bonds is 2. The Kier molecular flexibility index (Phi) is 7.33. The Balaban J connectivity index is 1.54. The van der Waals surface area contributed by atoms with E-state index < -0.39 is 30.2 Å². The van der Waals surface area contributed by atoms with Gasteiger partial charge in [-0.05, 0) is 99.0 Å². The molecule has 0 aromatic heterocycles. The zero-order valence-electron chi connectivity index (χ0n) is 28.1. The molecule has 5 aromatic rings. The summed E-state index contributed by atoms with van der Waals surface area (Å²) in [5.74, 6) is 0. The van der Waals surface area contributed by atoms with Gasteiger partial charge in [0.1, 0.15) is 0 Å². The summed E-state index contributed by atoms with van der Waals surface area (Å²) >= 11 is 0. The Bertz CT molecular complexity index is 1920. The van der Waals surface area contributed by atoms with Gasteiger partial charge in [0.2, 0.25) is 0 Å². The van der Waals surface area contributed by atoms with Crippen molar-refractivity contribution in [1.29, 1.82) is 0 Å². The van der Waals surface area contributed by atoms with Crippen molar-refractivity contribution in [2.75, 3.05) is 9.80 Å². The third-order valence-corrected chi connectivity index (χ3v) is 9.63. The number of anilines is 6. The van der Waals surface area contributed by atoms with Crippen LogP contribution in [0.25, 0.3) is 0 Å². The molecule has 0 bridgehead atoms. The normalized spacial score (nSPS) is 14.4. The molecule has 0 amide bonds. The van der Waals surface area contributed by atoms with Gasteiger partial charge in [-0.1, -0.05) is 84.0 Å². The van der Waals surface area contributed by atoms with E-state index >= 15 is 0 Å². The largest absolute Gasteiger partial charge is 0.416 e. The Hall–Kier alpha value is -4.66. The van der Waals surface area contributed by atoms with Crippen LogP contribution in [0.3, 0.4) is 0 Å². The van der Waals surface area contributed by atoms with Crippen molar-refractivity contribution in [3.05, 3.63) is 125 Å². The standard InChI is InChI=1S/C40H35BF6N2/c1-37(2,3)24-10-16-28(17-11-24)48-32-20-14-26(39(42,43)44)22-30(32)41-31-23-27(40(45,46)47)15-21-33(31)49(35-9-7-8-34(48)36(35)41)29-18-12-25(13-19-29)38(4,5)6/h7-23H,1-6H3. The van der Waals surface area contributed by atoms with E-state index in [0.29, 0.717) is 28.2 Å². The summed E-state index contributed by atoms with van der Waals surface area (Å²) in [5, 5.41) is 0. The monoisotopic (exact) mass is 668 g/mol. The minimum absolute atomic E-state index is 0.125. The first-order chi connectivity index (χ1) is 22.8. The molecule has 0 fully saturated rings. The number of fused-ring (bicyclic) bond motifs is 4. The molecule has 2 aliphatic rings. The summed E-state index contributed by atoms with van der Waals surface area (Å²) in [5.41, 5.74) is 5.25. The number of benzene rings is 5. The summed E-state index contributed by atoms with van der Waals surface area (Å²) in [7, 11) is 0. The lowest BCUT2D eigenvalue weighted by Crippen LogP contribution is -2.61. The minimum Gasteiger partial charge on any atom is -0.311 e. The molecular formula is C40H35BF6N2. The van der Waals surface area contributed by atoms with E-state index in [2.05, 4.69) is 41.5 Å². The third-order valence-electron chi connectivity index (χ3n) is 9.63. The highest BCUT2D eigenvalue weighted by Gasteiger charge is 2.45. The second kappa shape index (κ2) is 10.9. The summed E-state index contributed by atoms with van der Waals surface area (Å²) in [6, 6.07) is 28.7. The highest BCUT2D eigenvalue weighted by Crippen LogP contribution is 2.46. The minimum atomic E-state index is -4.65. The first-order valence-electron chi connectivity index (χ1n) is 16.2. The van der Waals surface area contributed by atoms with Crippen LogP contribution in [0.2, 0.25) is 0 Å². The number of hydrogen-bond acceptors (Lipinski definition) is 2. The second-order valence-electron chi connectivity index (χ2n) is 15.0. The molecule has 2 aliphatic heterocycles. The van der Waals surface area contributed by atoms with E-state index in [0.717, 1.165) is 46.8 Å². The number of alkyl halides is 6. The van der Waals surface area contributed by atoms with Crippen LogP contribution in [0.15, 0.2) is 103 Å². The highest BCUT2D eigenvalue weighted by molar-refractivity contribution is 7.00. The SMILES string of the molecule is CC(C)(C)c1ccc(N2c3ccc(C(F)(F)F)cc3B3c4cc(C(F)(F)F)ccc4N(c4ccc(C(C)(C)C)cc4)c4cccc2c43)cc1. The third kappa shape index (κ3) is 5.57. The molecule has 0 aliphatic carbocycles. The first kappa shape index (κ1) is 32.9. The summed E-state index contributed by atoms with van der Waals surface area (Å²) < 4.78 is 85.8. The average molecular weight is 669 g/mol. The summed E-state index contributed by atoms with van der Waals surface area (Å²) in [4.78, 5) is 3.85. The lowest BCUT2D eigenvalue weighted by Gasteiger charge is -2.44. The molecule has 0 saturated carbocycles. The van der Waals surface area contributed by atoms with Crippen LogP contribution in [-0.4, -0.2) is 6.71 Å². The van der Waals surface area contributed by atoms with Gasteiger partial charge in [0.05, 0.1) is 11.1 Å². The molecule has 0 atom stereocenters. The van der Waals surface area contributed by atoms with E-state index in [9.17, 15) is 26.3 Å². The molecule has 2 heterocycles. The fourth-order valence-corrected chi connectivity index (χ4v) is 7.07.